The Morgan fingerprint density at radius 2 is 1.60 bits per heavy atom. The van der Waals surface area contributed by atoms with Crippen LogP contribution in [-0.4, -0.2) is 114 Å². The molecule has 3 fully saturated rings. The Bertz CT molecular complexity index is 1310. The van der Waals surface area contributed by atoms with Gasteiger partial charge in [0.05, 0.1) is 16.6 Å². The number of aliphatic hydroxyl groups is 1. The zero-order valence-electron chi connectivity index (χ0n) is 23.2. The molecule has 0 unspecified atom stereocenters. The Morgan fingerprint density at radius 3 is 2.19 bits per heavy atom. The Kier molecular flexibility index (Phi) is 8.97. The van der Waals surface area contributed by atoms with Gasteiger partial charge in [0.15, 0.2) is 0 Å². The molecule has 5 rings (SSSR count). The summed E-state index contributed by atoms with van der Waals surface area (Å²) in [7, 11) is 2.03. The van der Waals surface area contributed by atoms with E-state index in [1.54, 1.807) is 12.1 Å². The smallest absolute Gasteiger partial charge is 0.380 e. The molecular formula is C29H34Cl2F3N5O3. The zero-order chi connectivity index (χ0) is 30.2. The predicted octanol–water partition coefficient (Wildman–Crippen LogP) is 3.92. The molecule has 0 spiro atoms. The minimum absolute atomic E-state index is 0.0000102. The highest BCUT2D eigenvalue weighted by Crippen LogP contribution is 2.42. The molecule has 2 amide bonds. The van der Waals surface area contributed by atoms with E-state index in [4.69, 9.17) is 23.2 Å². The third kappa shape index (κ3) is 6.21. The minimum Gasteiger partial charge on any atom is -0.380 e. The Hall–Kier alpha value is -2.57. The van der Waals surface area contributed by atoms with Crippen LogP contribution in [0.1, 0.15) is 28.8 Å². The summed E-state index contributed by atoms with van der Waals surface area (Å²) in [5, 5.41) is 14.5. The second-order valence-corrected chi connectivity index (χ2v) is 12.2. The molecule has 0 aliphatic carbocycles. The van der Waals surface area contributed by atoms with Crippen molar-refractivity contribution in [3.05, 3.63) is 63.6 Å². The number of amides is 2. The first kappa shape index (κ1) is 30.9. The number of carbonyl (C=O) groups excluding carboxylic acids is 2. The number of nitrogens with zero attached hydrogens (tertiary/aromatic N) is 4. The van der Waals surface area contributed by atoms with Gasteiger partial charge in [-0.05, 0) is 50.2 Å². The van der Waals surface area contributed by atoms with Crippen molar-refractivity contribution >= 4 is 40.7 Å². The maximum absolute atomic E-state index is 14.0. The van der Waals surface area contributed by atoms with Gasteiger partial charge < -0.3 is 25.1 Å². The molecule has 228 valence electrons. The zero-order valence-corrected chi connectivity index (χ0v) is 24.7. The lowest BCUT2D eigenvalue weighted by Gasteiger charge is -2.48. The van der Waals surface area contributed by atoms with Crippen molar-refractivity contribution in [2.24, 2.45) is 0 Å². The molecule has 3 aliphatic rings. The fraction of sp³-hybridized carbons (Fsp3) is 0.517. The Balaban J connectivity index is 1.12. The summed E-state index contributed by atoms with van der Waals surface area (Å²) < 4.78 is 42.1. The number of nitrogens with one attached hydrogen (secondary N) is 1. The van der Waals surface area contributed by atoms with Crippen molar-refractivity contribution in [1.82, 2.24) is 19.6 Å². The maximum atomic E-state index is 14.0. The molecule has 3 aliphatic heterocycles. The SMILES string of the molecule is CN1CCN(C(=O)c2ccc(NC3CN(C4CCN(C(=O)[C@](O)(c5cccc(Cl)c5)C(F)(F)F)CC4)C3)cc2Cl)CC1. The second kappa shape index (κ2) is 12.2. The summed E-state index contributed by atoms with van der Waals surface area (Å²) in [6.45, 7) is 4.67. The number of carbonyl (C=O) groups is 2. The number of rotatable bonds is 6. The molecule has 0 saturated carbocycles. The molecule has 0 aromatic heterocycles. The van der Waals surface area contributed by atoms with Crippen LogP contribution in [0.25, 0.3) is 0 Å². The van der Waals surface area contributed by atoms with Gasteiger partial charge in [-0.1, -0.05) is 35.3 Å². The Labute approximate surface area is 252 Å². The number of piperidine rings is 1. The molecule has 0 radical (unpaired) electrons. The lowest BCUT2D eigenvalue weighted by Crippen LogP contribution is -2.62. The molecule has 13 heteroatoms. The highest BCUT2D eigenvalue weighted by Gasteiger charge is 2.62. The number of alkyl halides is 3. The third-order valence-corrected chi connectivity index (χ3v) is 9.05. The highest BCUT2D eigenvalue weighted by molar-refractivity contribution is 6.34. The summed E-state index contributed by atoms with van der Waals surface area (Å²) in [4.78, 5) is 33.3. The predicted molar refractivity (Wildman–Crippen MR) is 155 cm³/mol. The van der Waals surface area contributed by atoms with Gasteiger partial charge in [0.1, 0.15) is 0 Å². The Morgan fingerprint density at radius 1 is 0.929 bits per heavy atom. The first-order valence-electron chi connectivity index (χ1n) is 14.0. The lowest BCUT2D eigenvalue weighted by atomic mass is 9.89. The lowest BCUT2D eigenvalue weighted by molar-refractivity contribution is -0.262. The van der Waals surface area contributed by atoms with Crippen LogP contribution in [-0.2, 0) is 10.4 Å². The summed E-state index contributed by atoms with van der Waals surface area (Å²) in [6, 6.07) is 10.3. The summed E-state index contributed by atoms with van der Waals surface area (Å²) in [5.41, 5.74) is -2.96. The molecule has 3 saturated heterocycles. The van der Waals surface area contributed by atoms with E-state index in [0.717, 1.165) is 48.9 Å². The van der Waals surface area contributed by atoms with E-state index in [2.05, 4.69) is 15.1 Å². The number of halogens is 5. The van der Waals surface area contributed by atoms with E-state index in [9.17, 15) is 27.9 Å². The first-order chi connectivity index (χ1) is 19.9. The van der Waals surface area contributed by atoms with Crippen LogP contribution >= 0.6 is 23.2 Å². The van der Waals surface area contributed by atoms with Gasteiger partial charge in [0.2, 0.25) is 0 Å². The largest absolute Gasteiger partial charge is 0.430 e. The van der Waals surface area contributed by atoms with Crippen molar-refractivity contribution < 1.29 is 27.9 Å². The van der Waals surface area contributed by atoms with Crippen molar-refractivity contribution in [2.45, 2.75) is 36.7 Å². The molecule has 8 nitrogen and oxygen atoms in total. The van der Waals surface area contributed by atoms with Crippen LogP contribution in [0, 0.1) is 0 Å². The number of anilines is 1. The van der Waals surface area contributed by atoms with Crippen molar-refractivity contribution in [3.63, 3.8) is 0 Å². The van der Waals surface area contributed by atoms with Crippen LogP contribution in [0.3, 0.4) is 0 Å². The first-order valence-corrected chi connectivity index (χ1v) is 14.7. The quantitative estimate of drug-likeness (QED) is 0.506. The van der Waals surface area contributed by atoms with Gasteiger partial charge in [0.25, 0.3) is 17.4 Å². The van der Waals surface area contributed by atoms with E-state index in [1.165, 1.54) is 12.1 Å². The molecule has 2 N–H and O–H groups in total. The number of likely N-dealkylation sites (N-methyl/N-ethyl adjacent to an activating group) is 1. The van der Waals surface area contributed by atoms with E-state index in [-0.39, 0.29) is 36.1 Å². The third-order valence-electron chi connectivity index (χ3n) is 8.50. The average Bonchev–Trinajstić information content (AvgIpc) is 2.93. The summed E-state index contributed by atoms with van der Waals surface area (Å²) in [6.07, 6.45) is -4.21. The fourth-order valence-corrected chi connectivity index (χ4v) is 6.33. The van der Waals surface area contributed by atoms with Crippen molar-refractivity contribution in [1.29, 1.82) is 0 Å². The molecule has 1 atom stereocenters. The number of hydrogen-bond donors (Lipinski definition) is 2. The van der Waals surface area contributed by atoms with E-state index in [1.807, 2.05) is 18.0 Å². The van der Waals surface area contributed by atoms with Crippen LogP contribution < -0.4 is 5.32 Å². The fourth-order valence-electron chi connectivity index (χ4n) is 5.88. The van der Waals surface area contributed by atoms with E-state index >= 15 is 0 Å². The summed E-state index contributed by atoms with van der Waals surface area (Å²) >= 11 is 12.3. The van der Waals surface area contributed by atoms with Crippen LogP contribution in [0.2, 0.25) is 10.0 Å². The second-order valence-electron chi connectivity index (χ2n) is 11.3. The highest BCUT2D eigenvalue weighted by atomic mass is 35.5. The van der Waals surface area contributed by atoms with Gasteiger partial charge in [-0.15, -0.1) is 0 Å². The van der Waals surface area contributed by atoms with Gasteiger partial charge in [-0.25, -0.2) is 0 Å². The normalized spacial score (nSPS) is 21.1. The average molecular weight is 629 g/mol. The molecule has 2 aromatic rings. The molecule has 42 heavy (non-hydrogen) atoms. The molecule has 2 aromatic carbocycles. The van der Waals surface area contributed by atoms with Gasteiger partial charge in [-0.3, -0.25) is 14.5 Å². The number of piperazine rings is 1. The van der Waals surface area contributed by atoms with Crippen molar-refractivity contribution in [3.8, 4) is 0 Å². The summed E-state index contributed by atoms with van der Waals surface area (Å²) in [5.74, 6) is -1.45. The standard InChI is InChI=1S/C29H34Cl2F3N5O3/c1-36-11-13-37(14-12-36)26(40)24-6-5-21(16-25(24)31)35-22-17-39(18-22)23-7-9-38(10-8-23)27(41)28(42,29(32,33)34)19-3-2-4-20(30)15-19/h2-6,15-16,22-23,35,42H,7-14,17-18H2,1H3/t28-/m1/s1. The van der Waals surface area contributed by atoms with E-state index < -0.39 is 23.2 Å². The number of hydrogen-bond acceptors (Lipinski definition) is 6. The number of benzene rings is 2. The van der Waals surface area contributed by atoms with Crippen LogP contribution in [0.4, 0.5) is 18.9 Å². The van der Waals surface area contributed by atoms with Crippen LogP contribution in [0.15, 0.2) is 42.5 Å². The molecular weight excluding hydrogens is 594 g/mol. The van der Waals surface area contributed by atoms with E-state index in [0.29, 0.717) is 36.5 Å². The topological polar surface area (TPSA) is 79.4 Å². The van der Waals surface area contributed by atoms with Crippen molar-refractivity contribution in [2.75, 3.05) is 64.7 Å². The van der Waals surface area contributed by atoms with Gasteiger partial charge >= 0.3 is 6.18 Å². The monoisotopic (exact) mass is 627 g/mol. The van der Waals surface area contributed by atoms with Gasteiger partial charge in [-0.2, -0.15) is 13.2 Å². The minimum atomic E-state index is -5.21. The molecule has 0 bridgehead atoms. The maximum Gasteiger partial charge on any atom is 0.430 e. The number of likely N-dealkylation sites (tertiary alicyclic amines) is 2. The van der Waals surface area contributed by atoms with Crippen LogP contribution in [0.5, 0.6) is 0 Å². The molecule has 3 heterocycles. The van der Waals surface area contributed by atoms with Gasteiger partial charge in [0, 0.05) is 74.7 Å².